The molecular formula is C21H27N5OS. The molecule has 0 radical (unpaired) electrons. The Labute approximate surface area is 169 Å². The molecule has 0 unspecified atom stereocenters. The number of piperazine rings is 1. The van der Waals surface area contributed by atoms with Gasteiger partial charge < -0.3 is 9.80 Å². The van der Waals surface area contributed by atoms with E-state index in [0.29, 0.717) is 18.8 Å². The fourth-order valence-corrected chi connectivity index (χ4v) is 4.86. The molecule has 2 aromatic heterocycles. The highest BCUT2D eigenvalue weighted by molar-refractivity contribution is 7.22. The van der Waals surface area contributed by atoms with Crippen LogP contribution in [0.2, 0.25) is 0 Å². The van der Waals surface area contributed by atoms with Crippen LogP contribution in [0.25, 0.3) is 10.2 Å². The van der Waals surface area contributed by atoms with Crippen LogP contribution in [0.4, 0.5) is 5.13 Å². The molecule has 0 N–H and O–H groups in total. The standard InChI is InChI=1S/C21H27N5OS/c1-5-16-7-6-8-18-19(16)22-21(28-18)25-11-9-24(10-12-25)20(27)17-13-15(4)26(23-17)14(2)3/h6-8,13-14H,5,9-12H2,1-4H3. The maximum atomic E-state index is 12.9. The zero-order chi connectivity index (χ0) is 19.8. The molecule has 1 aliphatic rings. The van der Waals surface area contributed by atoms with Gasteiger partial charge in [-0.05, 0) is 44.9 Å². The van der Waals surface area contributed by atoms with Gasteiger partial charge in [-0.3, -0.25) is 9.48 Å². The molecule has 0 saturated carbocycles. The van der Waals surface area contributed by atoms with Gasteiger partial charge in [0.25, 0.3) is 5.91 Å². The summed E-state index contributed by atoms with van der Waals surface area (Å²) in [6.07, 6.45) is 0.991. The minimum Gasteiger partial charge on any atom is -0.345 e. The Morgan fingerprint density at radius 3 is 2.61 bits per heavy atom. The number of hydrogen-bond donors (Lipinski definition) is 0. The highest BCUT2D eigenvalue weighted by Gasteiger charge is 2.26. The molecule has 3 heterocycles. The number of carbonyl (C=O) groups is 1. The summed E-state index contributed by atoms with van der Waals surface area (Å²) in [4.78, 5) is 22.0. The van der Waals surface area contributed by atoms with Crippen molar-refractivity contribution < 1.29 is 4.79 Å². The summed E-state index contributed by atoms with van der Waals surface area (Å²) in [5.74, 6) is 0.0275. The van der Waals surface area contributed by atoms with Gasteiger partial charge in [0.05, 0.1) is 10.2 Å². The summed E-state index contributed by atoms with van der Waals surface area (Å²) in [6, 6.07) is 8.56. The molecule has 0 aliphatic carbocycles. The van der Waals surface area contributed by atoms with Gasteiger partial charge in [-0.25, -0.2) is 4.98 Å². The number of benzene rings is 1. The van der Waals surface area contributed by atoms with Gasteiger partial charge in [-0.1, -0.05) is 30.4 Å². The number of rotatable bonds is 4. The molecule has 0 bridgehead atoms. The first-order valence-electron chi connectivity index (χ1n) is 9.96. The first kappa shape index (κ1) is 18.9. The van der Waals surface area contributed by atoms with E-state index in [1.54, 1.807) is 11.3 Å². The lowest BCUT2D eigenvalue weighted by molar-refractivity contribution is 0.0739. The number of aryl methyl sites for hydroxylation is 2. The Morgan fingerprint density at radius 1 is 1.21 bits per heavy atom. The largest absolute Gasteiger partial charge is 0.345 e. The highest BCUT2D eigenvalue weighted by atomic mass is 32.1. The van der Waals surface area contributed by atoms with Crippen LogP contribution in [0.5, 0.6) is 0 Å². The molecule has 148 valence electrons. The van der Waals surface area contributed by atoms with E-state index in [1.165, 1.54) is 10.3 Å². The maximum absolute atomic E-state index is 12.9. The lowest BCUT2D eigenvalue weighted by Gasteiger charge is -2.34. The van der Waals surface area contributed by atoms with E-state index in [4.69, 9.17) is 4.98 Å². The zero-order valence-corrected chi connectivity index (χ0v) is 17.8. The first-order chi connectivity index (χ1) is 13.5. The van der Waals surface area contributed by atoms with Crippen molar-refractivity contribution in [1.29, 1.82) is 0 Å². The molecule has 4 rings (SSSR count). The van der Waals surface area contributed by atoms with E-state index >= 15 is 0 Å². The fourth-order valence-electron chi connectivity index (χ4n) is 3.79. The normalized spacial score (nSPS) is 15.0. The second-order valence-corrected chi connectivity index (χ2v) is 8.61. The van der Waals surface area contributed by atoms with Crippen LogP contribution < -0.4 is 4.90 Å². The van der Waals surface area contributed by atoms with Gasteiger partial charge in [-0.2, -0.15) is 5.10 Å². The average molecular weight is 398 g/mol. The third-order valence-electron chi connectivity index (χ3n) is 5.34. The van der Waals surface area contributed by atoms with Crippen LogP contribution in [0.15, 0.2) is 24.3 Å². The predicted molar refractivity (Wildman–Crippen MR) is 114 cm³/mol. The quantitative estimate of drug-likeness (QED) is 0.670. The minimum absolute atomic E-state index is 0.0275. The topological polar surface area (TPSA) is 54.3 Å². The molecule has 0 spiro atoms. The van der Waals surface area contributed by atoms with Crippen molar-refractivity contribution >= 4 is 32.6 Å². The van der Waals surface area contributed by atoms with Crippen LogP contribution >= 0.6 is 11.3 Å². The number of carbonyl (C=O) groups excluding carboxylic acids is 1. The molecule has 6 nitrogen and oxygen atoms in total. The second kappa shape index (κ2) is 7.54. The van der Waals surface area contributed by atoms with Crippen molar-refractivity contribution in [3.05, 3.63) is 41.2 Å². The lowest BCUT2D eigenvalue weighted by atomic mass is 10.1. The van der Waals surface area contributed by atoms with Crippen LogP contribution in [0.3, 0.4) is 0 Å². The van der Waals surface area contributed by atoms with E-state index in [-0.39, 0.29) is 11.9 Å². The van der Waals surface area contributed by atoms with Crippen LogP contribution in [-0.2, 0) is 6.42 Å². The van der Waals surface area contributed by atoms with E-state index in [1.807, 2.05) is 22.6 Å². The molecule has 1 aliphatic heterocycles. The van der Waals surface area contributed by atoms with Crippen LogP contribution in [0.1, 0.15) is 48.6 Å². The molecule has 3 aromatic rings. The summed E-state index contributed by atoms with van der Waals surface area (Å²) in [6.45, 7) is 11.3. The van der Waals surface area contributed by atoms with Crippen LogP contribution in [0, 0.1) is 6.92 Å². The third kappa shape index (κ3) is 3.39. The highest BCUT2D eigenvalue weighted by Crippen LogP contribution is 2.31. The summed E-state index contributed by atoms with van der Waals surface area (Å²) in [5, 5.41) is 5.57. The van der Waals surface area contributed by atoms with Gasteiger partial charge >= 0.3 is 0 Å². The fraction of sp³-hybridized carbons (Fsp3) is 0.476. The molecule has 1 amide bonds. The number of nitrogens with zero attached hydrogens (tertiary/aromatic N) is 5. The Morgan fingerprint density at radius 2 is 1.96 bits per heavy atom. The Bertz CT molecular complexity index is 998. The van der Waals surface area contributed by atoms with Gasteiger partial charge in [0, 0.05) is 37.9 Å². The third-order valence-corrected chi connectivity index (χ3v) is 6.42. The molecule has 1 aromatic carbocycles. The van der Waals surface area contributed by atoms with Gasteiger partial charge in [-0.15, -0.1) is 0 Å². The van der Waals surface area contributed by atoms with E-state index in [9.17, 15) is 4.79 Å². The van der Waals surface area contributed by atoms with Crippen molar-refractivity contribution in [3.63, 3.8) is 0 Å². The zero-order valence-electron chi connectivity index (χ0n) is 17.0. The number of aromatic nitrogens is 3. The Balaban J connectivity index is 1.46. The molecule has 1 saturated heterocycles. The van der Waals surface area contributed by atoms with Crippen molar-refractivity contribution in [2.45, 2.75) is 40.2 Å². The average Bonchev–Trinajstić information content (AvgIpc) is 3.31. The molecule has 0 atom stereocenters. The Kier molecular flexibility index (Phi) is 5.10. The smallest absolute Gasteiger partial charge is 0.274 e. The number of thiazole rings is 1. The van der Waals surface area contributed by atoms with Crippen molar-refractivity contribution in [2.24, 2.45) is 0 Å². The number of para-hydroxylation sites is 1. The van der Waals surface area contributed by atoms with Gasteiger partial charge in [0.15, 0.2) is 10.8 Å². The summed E-state index contributed by atoms with van der Waals surface area (Å²) in [7, 11) is 0. The summed E-state index contributed by atoms with van der Waals surface area (Å²) >= 11 is 1.74. The number of hydrogen-bond acceptors (Lipinski definition) is 5. The van der Waals surface area contributed by atoms with E-state index in [2.05, 4.69) is 49.0 Å². The first-order valence-corrected chi connectivity index (χ1v) is 10.8. The number of amides is 1. The molecule has 1 fully saturated rings. The van der Waals surface area contributed by atoms with Crippen LogP contribution in [-0.4, -0.2) is 51.8 Å². The van der Waals surface area contributed by atoms with E-state index < -0.39 is 0 Å². The Hall–Kier alpha value is -2.41. The van der Waals surface area contributed by atoms with Crippen molar-refractivity contribution in [2.75, 3.05) is 31.1 Å². The molecular weight excluding hydrogens is 370 g/mol. The predicted octanol–water partition coefficient (Wildman–Crippen LogP) is 3.91. The summed E-state index contributed by atoms with van der Waals surface area (Å²) < 4.78 is 3.15. The van der Waals surface area contributed by atoms with Crippen molar-refractivity contribution in [1.82, 2.24) is 19.7 Å². The number of fused-ring (bicyclic) bond motifs is 1. The molecule has 7 heteroatoms. The lowest BCUT2D eigenvalue weighted by Crippen LogP contribution is -2.48. The second-order valence-electron chi connectivity index (χ2n) is 7.60. The monoisotopic (exact) mass is 397 g/mol. The van der Waals surface area contributed by atoms with Gasteiger partial charge in [0.2, 0.25) is 0 Å². The summed E-state index contributed by atoms with van der Waals surface area (Å²) in [5.41, 5.74) is 3.99. The number of anilines is 1. The maximum Gasteiger partial charge on any atom is 0.274 e. The SMILES string of the molecule is CCc1cccc2sc(N3CCN(C(=O)c4cc(C)n(C(C)C)n4)CC3)nc12. The van der Waals surface area contributed by atoms with Crippen molar-refractivity contribution in [3.8, 4) is 0 Å². The molecule has 28 heavy (non-hydrogen) atoms. The minimum atomic E-state index is 0.0275. The van der Waals surface area contributed by atoms with E-state index in [0.717, 1.165) is 35.9 Å². The van der Waals surface area contributed by atoms with Gasteiger partial charge in [0.1, 0.15) is 0 Å².